The number of sulfonamides is 1. The number of hydrogen-bond acceptors (Lipinski definition) is 5. The molecule has 0 aromatic heterocycles. The Bertz CT molecular complexity index is 1980. The van der Waals surface area contributed by atoms with Gasteiger partial charge in [0.05, 0.1) is 10.6 Å². The van der Waals surface area contributed by atoms with Crippen molar-refractivity contribution in [3.63, 3.8) is 0 Å². The third-order valence-corrected chi connectivity index (χ3v) is 10.5. The van der Waals surface area contributed by atoms with E-state index in [-0.39, 0.29) is 29.5 Å². The lowest BCUT2D eigenvalue weighted by molar-refractivity contribution is -0.140. The van der Waals surface area contributed by atoms with Crippen LogP contribution < -0.4 is 14.4 Å². The maximum absolute atomic E-state index is 14.8. The molecule has 0 aliphatic rings. The highest BCUT2D eigenvalue weighted by Gasteiger charge is 2.34. The Kier molecular flexibility index (Phi) is 12.6. The number of ether oxygens (including phenoxy) is 1. The van der Waals surface area contributed by atoms with Crippen molar-refractivity contribution in [1.82, 2.24) is 10.2 Å². The lowest BCUT2D eigenvalue weighted by Crippen LogP contribution is -2.53. The maximum Gasteiger partial charge on any atom is 0.264 e. The van der Waals surface area contributed by atoms with E-state index in [4.69, 9.17) is 4.74 Å². The molecule has 0 saturated heterocycles. The number of amides is 2. The van der Waals surface area contributed by atoms with Gasteiger partial charge in [-0.2, -0.15) is 0 Å². The number of para-hydroxylation sites is 1. The summed E-state index contributed by atoms with van der Waals surface area (Å²) in [7, 11) is -4.23. The number of hydrogen-bond donors (Lipinski definition) is 1. The van der Waals surface area contributed by atoms with Crippen molar-refractivity contribution in [3.8, 4) is 11.5 Å². The summed E-state index contributed by atoms with van der Waals surface area (Å²) in [6.45, 7) is 5.94. The van der Waals surface area contributed by atoms with Crippen LogP contribution in [0.2, 0.25) is 0 Å². The molecule has 0 heterocycles. The molecule has 0 saturated carbocycles. The van der Waals surface area contributed by atoms with E-state index >= 15 is 0 Å². The predicted octanol–water partition coefficient (Wildman–Crippen LogP) is 7.85. The highest BCUT2D eigenvalue weighted by atomic mass is 32.2. The predicted molar refractivity (Wildman–Crippen MR) is 202 cm³/mol. The number of nitrogens with one attached hydrogen (secondary N) is 1. The van der Waals surface area contributed by atoms with Gasteiger partial charge in [-0.15, -0.1) is 0 Å². The Morgan fingerprint density at radius 2 is 1.35 bits per heavy atom. The van der Waals surface area contributed by atoms with Crippen molar-refractivity contribution in [2.24, 2.45) is 0 Å². The van der Waals surface area contributed by atoms with Crippen molar-refractivity contribution in [2.75, 3.05) is 17.4 Å². The number of aryl methyl sites for hydroxylation is 2. The molecular formula is C42H45N3O5S. The zero-order valence-corrected chi connectivity index (χ0v) is 30.2. The molecular weight excluding hydrogens is 659 g/mol. The van der Waals surface area contributed by atoms with Gasteiger partial charge in [0.25, 0.3) is 10.0 Å². The van der Waals surface area contributed by atoms with E-state index in [1.807, 2.05) is 106 Å². The summed E-state index contributed by atoms with van der Waals surface area (Å²) < 4.78 is 35.9. The van der Waals surface area contributed by atoms with Gasteiger partial charge in [-0.3, -0.25) is 13.9 Å². The van der Waals surface area contributed by atoms with Gasteiger partial charge in [0.15, 0.2) is 0 Å². The molecule has 5 aromatic carbocycles. The Morgan fingerprint density at radius 1 is 0.745 bits per heavy atom. The average molecular weight is 704 g/mol. The molecule has 5 rings (SSSR count). The van der Waals surface area contributed by atoms with Gasteiger partial charge >= 0.3 is 0 Å². The zero-order chi connectivity index (χ0) is 36.2. The number of anilines is 1. The van der Waals surface area contributed by atoms with Gasteiger partial charge in [0, 0.05) is 19.5 Å². The summed E-state index contributed by atoms with van der Waals surface area (Å²) >= 11 is 0. The van der Waals surface area contributed by atoms with E-state index in [2.05, 4.69) is 5.32 Å². The van der Waals surface area contributed by atoms with E-state index in [1.54, 1.807) is 48.5 Å². The number of rotatable bonds is 16. The molecule has 1 atom stereocenters. The summed E-state index contributed by atoms with van der Waals surface area (Å²) in [5.41, 5.74) is 3.89. The average Bonchev–Trinajstić information content (AvgIpc) is 3.14. The van der Waals surface area contributed by atoms with Crippen LogP contribution in [0.25, 0.3) is 0 Å². The van der Waals surface area contributed by atoms with Gasteiger partial charge < -0.3 is 15.0 Å². The number of benzene rings is 5. The number of nitrogens with zero attached hydrogens (tertiary/aromatic N) is 2. The van der Waals surface area contributed by atoms with Gasteiger partial charge in [-0.05, 0) is 85.5 Å². The van der Waals surface area contributed by atoms with Crippen molar-refractivity contribution >= 4 is 27.5 Å². The van der Waals surface area contributed by atoms with Crippen molar-refractivity contribution in [1.29, 1.82) is 0 Å². The van der Waals surface area contributed by atoms with Crippen molar-refractivity contribution < 1.29 is 22.7 Å². The third-order valence-electron chi connectivity index (χ3n) is 8.69. The minimum Gasteiger partial charge on any atom is -0.457 e. The molecule has 9 heteroatoms. The van der Waals surface area contributed by atoms with Crippen LogP contribution in [0.4, 0.5) is 5.69 Å². The second-order valence-corrected chi connectivity index (χ2v) is 14.4. The van der Waals surface area contributed by atoms with E-state index in [9.17, 15) is 18.0 Å². The van der Waals surface area contributed by atoms with Gasteiger partial charge in [-0.1, -0.05) is 104 Å². The first kappa shape index (κ1) is 36.9. The summed E-state index contributed by atoms with van der Waals surface area (Å²) in [5.74, 6) is 0.351. The van der Waals surface area contributed by atoms with Crippen LogP contribution in [0.3, 0.4) is 0 Å². The molecule has 51 heavy (non-hydrogen) atoms. The molecule has 0 aliphatic heterocycles. The van der Waals surface area contributed by atoms with Gasteiger partial charge in [0.1, 0.15) is 24.1 Å². The van der Waals surface area contributed by atoms with E-state index in [0.717, 1.165) is 39.4 Å². The van der Waals surface area contributed by atoms with Crippen molar-refractivity contribution in [2.45, 2.75) is 57.5 Å². The van der Waals surface area contributed by atoms with Crippen LogP contribution in [-0.2, 0) is 32.6 Å². The maximum atomic E-state index is 14.8. The van der Waals surface area contributed by atoms with E-state index in [1.165, 1.54) is 4.90 Å². The Hall–Kier alpha value is -5.41. The second-order valence-electron chi connectivity index (χ2n) is 12.5. The van der Waals surface area contributed by atoms with Crippen LogP contribution in [0.5, 0.6) is 11.5 Å². The number of unbranched alkanes of at least 4 members (excludes halogenated alkanes) is 1. The SMILES string of the molecule is CCCCNC(=O)[C@H](Cc1ccccc1)N(Cc1ccccc1C)C(=O)CN(c1ccc(Oc2ccccc2)cc1)S(=O)(=O)c1ccc(C)cc1. The van der Waals surface area contributed by atoms with Crippen LogP contribution in [-0.4, -0.2) is 44.3 Å². The lowest BCUT2D eigenvalue weighted by Gasteiger charge is -2.34. The highest BCUT2D eigenvalue weighted by molar-refractivity contribution is 7.92. The molecule has 0 fully saturated rings. The monoisotopic (exact) mass is 703 g/mol. The first-order chi connectivity index (χ1) is 24.7. The first-order valence-corrected chi connectivity index (χ1v) is 18.7. The van der Waals surface area contributed by atoms with Crippen molar-refractivity contribution in [3.05, 3.63) is 156 Å². The Morgan fingerprint density at radius 3 is 2.00 bits per heavy atom. The van der Waals surface area contributed by atoms with Crippen LogP contribution in [0.15, 0.2) is 138 Å². The minimum absolute atomic E-state index is 0.0501. The largest absolute Gasteiger partial charge is 0.457 e. The molecule has 0 aliphatic carbocycles. The quantitative estimate of drug-likeness (QED) is 0.106. The molecule has 2 amide bonds. The number of carbonyl (C=O) groups excluding carboxylic acids is 2. The fraction of sp³-hybridized carbons (Fsp3) is 0.238. The summed E-state index contributed by atoms with van der Waals surface area (Å²) in [5, 5.41) is 3.03. The molecule has 8 nitrogen and oxygen atoms in total. The Balaban J connectivity index is 1.55. The molecule has 0 unspecified atom stereocenters. The molecule has 1 N–H and O–H groups in total. The summed E-state index contributed by atoms with van der Waals surface area (Å²) in [6, 6.07) is 38.8. The molecule has 0 spiro atoms. The minimum atomic E-state index is -4.23. The zero-order valence-electron chi connectivity index (χ0n) is 29.4. The highest BCUT2D eigenvalue weighted by Crippen LogP contribution is 2.29. The number of carbonyl (C=O) groups is 2. The van der Waals surface area contributed by atoms with E-state index in [0.29, 0.717) is 18.0 Å². The Labute approximate surface area is 301 Å². The molecule has 0 bridgehead atoms. The summed E-state index contributed by atoms with van der Waals surface area (Å²) in [4.78, 5) is 30.3. The fourth-order valence-corrected chi connectivity index (χ4v) is 7.12. The van der Waals surface area contributed by atoms with Crippen LogP contribution >= 0.6 is 0 Å². The lowest BCUT2D eigenvalue weighted by atomic mass is 10.0. The smallest absolute Gasteiger partial charge is 0.264 e. The molecule has 0 radical (unpaired) electrons. The standard InChI is InChI=1S/C42H45N3O5S/c1-4-5-28-43-42(47)40(29-34-15-8-6-9-16-34)44(30-35-17-13-12-14-33(35)3)41(46)31-45(51(48,49)39-26-20-32(2)21-27-39)36-22-24-38(25-23-36)50-37-18-10-7-11-19-37/h6-27,40H,4-5,28-31H2,1-3H3,(H,43,47)/t40-/m0/s1. The third kappa shape index (κ3) is 9.86. The second kappa shape index (κ2) is 17.5. The normalized spacial score (nSPS) is 11.7. The van der Waals surface area contributed by atoms with Gasteiger partial charge in [-0.25, -0.2) is 8.42 Å². The molecule has 5 aromatic rings. The topological polar surface area (TPSA) is 96.0 Å². The van der Waals surface area contributed by atoms with Crippen LogP contribution in [0.1, 0.15) is 42.0 Å². The fourth-order valence-electron chi connectivity index (χ4n) is 5.70. The van der Waals surface area contributed by atoms with Gasteiger partial charge in [0.2, 0.25) is 11.8 Å². The summed E-state index contributed by atoms with van der Waals surface area (Å²) in [6.07, 6.45) is 1.95. The van der Waals surface area contributed by atoms with Crippen LogP contribution in [0, 0.1) is 13.8 Å². The first-order valence-electron chi connectivity index (χ1n) is 17.2. The van der Waals surface area contributed by atoms with E-state index < -0.39 is 28.5 Å². The molecule has 264 valence electrons.